The number of carbonyl (C=O) groups excluding carboxylic acids is 1. The summed E-state index contributed by atoms with van der Waals surface area (Å²) in [6.45, 7) is 6.25. The van der Waals surface area contributed by atoms with Crippen LogP contribution in [0.5, 0.6) is 0 Å². The van der Waals surface area contributed by atoms with Crippen LogP contribution in [-0.2, 0) is 16.1 Å². The number of aromatic nitrogens is 4. The monoisotopic (exact) mass is 529 g/mol. The Morgan fingerprint density at radius 2 is 1.74 bits per heavy atom. The molecule has 1 aromatic carbocycles. The lowest BCUT2D eigenvalue weighted by Crippen LogP contribution is -2.49. The number of fused-ring (bicyclic) bond motifs is 1. The largest absolute Gasteiger partial charge is 0.378 e. The van der Waals surface area contributed by atoms with Gasteiger partial charge in [0.25, 0.3) is 0 Å². The first-order valence-corrected chi connectivity index (χ1v) is 14.2. The normalized spacial score (nSPS) is 16.3. The number of anilines is 2. The van der Waals surface area contributed by atoms with Crippen molar-refractivity contribution in [2.45, 2.75) is 11.4 Å². The lowest BCUT2D eigenvalue weighted by atomic mass is 10.1. The molecule has 0 spiro atoms. The van der Waals surface area contributed by atoms with Crippen LogP contribution in [0, 0.1) is 0 Å². The summed E-state index contributed by atoms with van der Waals surface area (Å²) in [5.41, 5.74) is 4.12. The Hall–Kier alpha value is -3.63. The molecule has 9 nitrogen and oxygen atoms in total. The van der Waals surface area contributed by atoms with Gasteiger partial charge < -0.3 is 24.0 Å². The van der Waals surface area contributed by atoms with Gasteiger partial charge in [0.05, 0.1) is 13.2 Å². The third-order valence-electron chi connectivity index (χ3n) is 7.25. The molecule has 0 saturated carbocycles. The number of pyridine rings is 1. The van der Waals surface area contributed by atoms with E-state index >= 15 is 0 Å². The molecule has 3 aromatic heterocycles. The van der Waals surface area contributed by atoms with Gasteiger partial charge in [0.1, 0.15) is 12.2 Å². The molecule has 38 heavy (non-hydrogen) atoms. The Kier molecular flexibility index (Phi) is 7.15. The summed E-state index contributed by atoms with van der Waals surface area (Å²) in [5.74, 6) is 0.871. The highest BCUT2D eigenvalue weighted by atomic mass is 32.2. The molecule has 5 heterocycles. The van der Waals surface area contributed by atoms with Crippen molar-refractivity contribution in [2.75, 3.05) is 68.5 Å². The fraction of sp³-hybridized carbons (Fsp3) is 0.357. The molecule has 2 saturated heterocycles. The van der Waals surface area contributed by atoms with Crippen molar-refractivity contribution >= 4 is 40.3 Å². The zero-order chi connectivity index (χ0) is 25.9. The molecule has 2 aliphatic heterocycles. The number of rotatable bonds is 6. The molecule has 0 aliphatic carbocycles. The summed E-state index contributed by atoms with van der Waals surface area (Å²) < 4.78 is 7.39. The van der Waals surface area contributed by atoms with E-state index in [9.17, 15) is 4.79 Å². The molecule has 0 radical (unpaired) electrons. The van der Waals surface area contributed by atoms with Crippen LogP contribution in [0.2, 0.25) is 0 Å². The highest BCUT2D eigenvalue weighted by Crippen LogP contribution is 2.34. The molecule has 1 amide bonds. The van der Waals surface area contributed by atoms with Gasteiger partial charge >= 0.3 is 0 Å². The van der Waals surface area contributed by atoms with Crippen molar-refractivity contribution in [1.82, 2.24) is 24.4 Å². The number of benzene rings is 1. The Bertz CT molecular complexity index is 1410. The molecule has 6 rings (SSSR count). The minimum Gasteiger partial charge on any atom is -0.378 e. The predicted octanol–water partition coefficient (Wildman–Crippen LogP) is 3.40. The van der Waals surface area contributed by atoms with Gasteiger partial charge in [0, 0.05) is 91.2 Å². The highest BCUT2D eigenvalue weighted by molar-refractivity contribution is 7.98. The second-order valence-corrected chi connectivity index (χ2v) is 10.4. The fourth-order valence-electron chi connectivity index (χ4n) is 5.13. The predicted molar refractivity (Wildman–Crippen MR) is 151 cm³/mol. The molecule has 0 atom stereocenters. The second-order valence-electron chi connectivity index (χ2n) is 9.48. The van der Waals surface area contributed by atoms with Crippen LogP contribution in [-0.4, -0.2) is 89.1 Å². The van der Waals surface area contributed by atoms with E-state index in [2.05, 4.69) is 49.2 Å². The van der Waals surface area contributed by atoms with Gasteiger partial charge in [-0.1, -0.05) is 0 Å². The van der Waals surface area contributed by atoms with Crippen LogP contribution < -0.4 is 9.80 Å². The van der Waals surface area contributed by atoms with Gasteiger partial charge in [-0.15, -0.1) is 11.8 Å². The number of amides is 1. The van der Waals surface area contributed by atoms with Gasteiger partial charge in [0.15, 0.2) is 0 Å². The summed E-state index contributed by atoms with van der Waals surface area (Å²) in [5, 5.41) is 1.05. The van der Waals surface area contributed by atoms with Gasteiger partial charge in [-0.2, -0.15) is 0 Å². The van der Waals surface area contributed by atoms with Crippen LogP contribution >= 0.6 is 11.8 Å². The van der Waals surface area contributed by atoms with E-state index in [1.54, 1.807) is 18.0 Å². The van der Waals surface area contributed by atoms with Crippen molar-refractivity contribution in [1.29, 1.82) is 0 Å². The number of ether oxygens (including phenoxy) is 1. The van der Waals surface area contributed by atoms with E-state index < -0.39 is 0 Å². The van der Waals surface area contributed by atoms with E-state index in [4.69, 9.17) is 4.74 Å². The fourth-order valence-corrected chi connectivity index (χ4v) is 5.57. The van der Waals surface area contributed by atoms with Crippen LogP contribution in [0.3, 0.4) is 0 Å². The van der Waals surface area contributed by atoms with Gasteiger partial charge in [-0.3, -0.25) is 4.79 Å². The number of hydrogen-bond donors (Lipinski definition) is 0. The van der Waals surface area contributed by atoms with Gasteiger partial charge in [-0.05, 0) is 42.7 Å². The standard InChI is InChI=1S/C28H31N7O2S/c1-38-23-4-5-25(24(17-23)22-18-30-28(31-19-22)34-13-15-37-16-14-34)32-9-11-33(12-10-32)26(36)20-35-8-6-21-3-2-7-29-27(21)35/h2-8,17-19H,9-16,20H2,1H3. The summed E-state index contributed by atoms with van der Waals surface area (Å²) >= 11 is 1.72. The third kappa shape index (κ3) is 5.06. The maximum atomic E-state index is 13.1. The molecule has 196 valence electrons. The highest BCUT2D eigenvalue weighted by Gasteiger charge is 2.24. The van der Waals surface area contributed by atoms with E-state index in [1.807, 2.05) is 46.3 Å². The molecule has 0 bridgehead atoms. The maximum absolute atomic E-state index is 13.1. The maximum Gasteiger partial charge on any atom is 0.242 e. The number of hydrogen-bond acceptors (Lipinski definition) is 8. The van der Waals surface area contributed by atoms with E-state index in [1.165, 1.54) is 4.90 Å². The molecular formula is C28H31N7O2S. The van der Waals surface area contributed by atoms with E-state index in [0.29, 0.717) is 32.8 Å². The van der Waals surface area contributed by atoms with Crippen LogP contribution in [0.25, 0.3) is 22.2 Å². The van der Waals surface area contributed by atoms with Crippen molar-refractivity contribution in [3.8, 4) is 11.1 Å². The van der Waals surface area contributed by atoms with Crippen LogP contribution in [0.1, 0.15) is 0 Å². The zero-order valence-electron chi connectivity index (χ0n) is 21.5. The second kappa shape index (κ2) is 11.0. The zero-order valence-corrected chi connectivity index (χ0v) is 22.3. The van der Waals surface area contributed by atoms with Crippen LogP contribution in [0.4, 0.5) is 11.6 Å². The summed E-state index contributed by atoms with van der Waals surface area (Å²) in [6, 6.07) is 12.5. The van der Waals surface area contributed by atoms with Crippen molar-refractivity contribution < 1.29 is 9.53 Å². The average Bonchev–Trinajstić information content (AvgIpc) is 3.40. The van der Waals surface area contributed by atoms with Gasteiger partial charge in [-0.25, -0.2) is 15.0 Å². The minimum absolute atomic E-state index is 0.123. The summed E-state index contributed by atoms with van der Waals surface area (Å²) in [7, 11) is 0. The Labute approximate surface area is 226 Å². The molecular weight excluding hydrogens is 498 g/mol. The molecule has 4 aromatic rings. The minimum atomic E-state index is 0.123. The number of morpholine rings is 1. The van der Waals surface area contributed by atoms with Crippen molar-refractivity contribution in [3.63, 3.8) is 0 Å². The molecule has 2 aliphatic rings. The van der Waals surface area contributed by atoms with Crippen molar-refractivity contribution in [3.05, 3.63) is 61.2 Å². The third-order valence-corrected chi connectivity index (χ3v) is 7.97. The molecule has 2 fully saturated rings. The molecule has 10 heteroatoms. The van der Waals surface area contributed by atoms with Crippen LogP contribution in [0.15, 0.2) is 66.1 Å². The first-order chi connectivity index (χ1) is 18.7. The number of thioether (sulfide) groups is 1. The first-order valence-electron chi connectivity index (χ1n) is 13.0. The Balaban J connectivity index is 1.16. The number of carbonyl (C=O) groups is 1. The molecule has 0 unspecified atom stereocenters. The Morgan fingerprint density at radius 3 is 2.50 bits per heavy atom. The number of piperazine rings is 1. The van der Waals surface area contributed by atoms with E-state index in [-0.39, 0.29) is 5.91 Å². The van der Waals surface area contributed by atoms with Crippen molar-refractivity contribution in [2.24, 2.45) is 0 Å². The molecule has 0 N–H and O–H groups in total. The topological polar surface area (TPSA) is 79.6 Å². The summed E-state index contributed by atoms with van der Waals surface area (Å²) in [6.07, 6.45) is 9.65. The lowest BCUT2D eigenvalue weighted by molar-refractivity contribution is -0.132. The average molecular weight is 530 g/mol. The number of nitrogens with zero attached hydrogens (tertiary/aromatic N) is 7. The van der Waals surface area contributed by atoms with E-state index in [0.717, 1.165) is 60.0 Å². The van der Waals surface area contributed by atoms with Gasteiger partial charge in [0.2, 0.25) is 11.9 Å². The SMILES string of the molecule is CSc1ccc(N2CCN(C(=O)Cn3ccc4cccnc43)CC2)c(-c2cnc(N3CCOCC3)nc2)c1. The first kappa shape index (κ1) is 24.7. The smallest absolute Gasteiger partial charge is 0.242 e. The quantitative estimate of drug-likeness (QED) is 0.352. The lowest BCUT2D eigenvalue weighted by Gasteiger charge is -2.37. The summed E-state index contributed by atoms with van der Waals surface area (Å²) in [4.78, 5) is 34.6. The Morgan fingerprint density at radius 1 is 0.947 bits per heavy atom.